The first-order chi connectivity index (χ1) is 8.08. The van der Waals surface area contributed by atoms with Gasteiger partial charge in [-0.15, -0.1) is 0 Å². The van der Waals surface area contributed by atoms with Gasteiger partial charge in [-0.1, -0.05) is 0 Å². The van der Waals surface area contributed by atoms with Crippen molar-refractivity contribution in [3.8, 4) is 5.75 Å². The molecule has 0 aromatic heterocycles. The number of phenolic OH excluding ortho intramolecular Hbond substituents is 1. The van der Waals surface area contributed by atoms with Crippen LogP contribution < -0.4 is 11.1 Å². The number of amides is 1. The second-order valence-corrected chi connectivity index (χ2v) is 3.58. The molecule has 0 aliphatic carbocycles. The van der Waals surface area contributed by atoms with Crippen LogP contribution in [-0.2, 0) is 4.74 Å². The monoisotopic (exact) mass is 240 g/mol. The number of aliphatic hydroxyl groups is 1. The van der Waals surface area contributed by atoms with E-state index in [9.17, 15) is 9.90 Å². The Hall–Kier alpha value is -1.79. The molecule has 0 saturated carbocycles. The van der Waals surface area contributed by atoms with E-state index >= 15 is 0 Å². The number of nitrogen functional groups attached to an aromatic ring is 1. The molecule has 0 aliphatic rings. The van der Waals surface area contributed by atoms with Gasteiger partial charge < -0.3 is 26.0 Å². The van der Waals surface area contributed by atoms with Crippen LogP contribution in [0.25, 0.3) is 0 Å². The van der Waals surface area contributed by atoms with Crippen LogP contribution in [0.3, 0.4) is 0 Å². The summed E-state index contributed by atoms with van der Waals surface area (Å²) in [5, 5.41) is 20.9. The van der Waals surface area contributed by atoms with Gasteiger partial charge in [-0.2, -0.15) is 0 Å². The van der Waals surface area contributed by atoms with Crippen LogP contribution in [-0.4, -0.2) is 42.5 Å². The van der Waals surface area contributed by atoms with Crippen molar-refractivity contribution >= 4 is 11.6 Å². The summed E-state index contributed by atoms with van der Waals surface area (Å²) in [5.41, 5.74) is 5.90. The molecular formula is C11H16N2O4. The number of carbonyl (C=O) groups is 1. The van der Waals surface area contributed by atoms with Gasteiger partial charge in [0.1, 0.15) is 5.75 Å². The molecule has 0 saturated heterocycles. The quantitative estimate of drug-likeness (QED) is 0.418. The van der Waals surface area contributed by atoms with Gasteiger partial charge in [0, 0.05) is 12.7 Å². The maximum absolute atomic E-state index is 11.7. The highest BCUT2D eigenvalue weighted by Crippen LogP contribution is 2.20. The number of hydrogen-bond donors (Lipinski definition) is 4. The molecule has 1 unspecified atom stereocenters. The van der Waals surface area contributed by atoms with E-state index in [0.717, 1.165) is 0 Å². The molecular weight excluding hydrogens is 224 g/mol. The predicted molar refractivity (Wildman–Crippen MR) is 62.7 cm³/mol. The minimum absolute atomic E-state index is 0.148. The molecule has 5 N–H and O–H groups in total. The average molecular weight is 240 g/mol. The second-order valence-electron chi connectivity index (χ2n) is 3.58. The third kappa shape index (κ3) is 3.61. The fourth-order valence-electron chi connectivity index (χ4n) is 1.29. The molecule has 1 amide bonds. The summed E-state index contributed by atoms with van der Waals surface area (Å²) in [6.45, 7) is -0.0102. The Morgan fingerprint density at radius 1 is 1.59 bits per heavy atom. The number of ether oxygens (including phenoxy) is 1. The molecule has 1 rings (SSSR count). The number of anilines is 1. The maximum Gasteiger partial charge on any atom is 0.251 e. The zero-order valence-corrected chi connectivity index (χ0v) is 9.51. The smallest absolute Gasteiger partial charge is 0.251 e. The van der Waals surface area contributed by atoms with Crippen molar-refractivity contribution in [1.82, 2.24) is 5.32 Å². The minimum Gasteiger partial charge on any atom is -0.506 e. The minimum atomic E-state index is -0.479. The molecule has 1 aromatic carbocycles. The molecule has 0 spiro atoms. The Balaban J connectivity index is 2.72. The first-order valence-corrected chi connectivity index (χ1v) is 5.07. The molecule has 6 heteroatoms. The SMILES string of the molecule is COCC(CO)NC(=O)c1ccc(N)c(O)c1. The van der Waals surface area contributed by atoms with Gasteiger partial charge in [0.2, 0.25) is 0 Å². The molecule has 0 heterocycles. The number of carbonyl (C=O) groups excluding carboxylic acids is 1. The maximum atomic E-state index is 11.7. The average Bonchev–Trinajstić information content (AvgIpc) is 2.31. The molecule has 17 heavy (non-hydrogen) atoms. The van der Waals surface area contributed by atoms with E-state index in [4.69, 9.17) is 15.6 Å². The van der Waals surface area contributed by atoms with E-state index in [-0.39, 0.29) is 30.2 Å². The van der Waals surface area contributed by atoms with Gasteiger partial charge in [0.25, 0.3) is 5.91 Å². The van der Waals surface area contributed by atoms with Crippen molar-refractivity contribution < 1.29 is 19.7 Å². The van der Waals surface area contributed by atoms with Crippen molar-refractivity contribution in [3.05, 3.63) is 23.8 Å². The number of methoxy groups -OCH3 is 1. The van der Waals surface area contributed by atoms with Crippen LogP contribution >= 0.6 is 0 Å². The topological polar surface area (TPSA) is 105 Å². The van der Waals surface area contributed by atoms with Gasteiger partial charge in [-0.3, -0.25) is 4.79 Å². The Labute approximate surface area is 99.0 Å². The first kappa shape index (κ1) is 13.3. The van der Waals surface area contributed by atoms with Gasteiger partial charge in [0.05, 0.1) is 24.9 Å². The number of aliphatic hydroxyl groups excluding tert-OH is 1. The van der Waals surface area contributed by atoms with E-state index in [2.05, 4.69) is 5.32 Å². The van der Waals surface area contributed by atoms with Crippen LogP contribution in [0.15, 0.2) is 18.2 Å². The Kier molecular flexibility index (Phi) is 4.74. The molecule has 94 valence electrons. The lowest BCUT2D eigenvalue weighted by atomic mass is 10.1. The summed E-state index contributed by atoms with van der Waals surface area (Å²) >= 11 is 0. The van der Waals surface area contributed by atoms with Gasteiger partial charge in [-0.25, -0.2) is 0 Å². The summed E-state index contributed by atoms with van der Waals surface area (Å²) in [5.74, 6) is -0.554. The van der Waals surface area contributed by atoms with Crippen LogP contribution in [0.5, 0.6) is 5.75 Å². The van der Waals surface area contributed by atoms with Crippen molar-refractivity contribution in [1.29, 1.82) is 0 Å². The molecule has 0 radical (unpaired) electrons. The summed E-state index contributed by atoms with van der Waals surface area (Å²) < 4.78 is 4.83. The number of aromatic hydroxyl groups is 1. The Morgan fingerprint density at radius 3 is 2.82 bits per heavy atom. The van der Waals surface area contributed by atoms with E-state index in [1.165, 1.54) is 25.3 Å². The largest absolute Gasteiger partial charge is 0.506 e. The normalized spacial score (nSPS) is 12.1. The number of nitrogens with two attached hydrogens (primary N) is 1. The zero-order valence-electron chi connectivity index (χ0n) is 9.51. The molecule has 0 aliphatic heterocycles. The first-order valence-electron chi connectivity index (χ1n) is 5.07. The number of hydrogen-bond acceptors (Lipinski definition) is 5. The second kappa shape index (κ2) is 6.07. The molecule has 1 atom stereocenters. The molecule has 0 fully saturated rings. The van der Waals surface area contributed by atoms with Crippen molar-refractivity contribution in [3.63, 3.8) is 0 Å². The van der Waals surface area contributed by atoms with Crippen LogP contribution in [0.2, 0.25) is 0 Å². The predicted octanol–water partition coefficient (Wildman–Crippen LogP) is -0.289. The van der Waals surface area contributed by atoms with E-state index in [1.807, 2.05) is 0 Å². The van der Waals surface area contributed by atoms with Crippen molar-refractivity contribution in [2.24, 2.45) is 0 Å². The lowest BCUT2D eigenvalue weighted by molar-refractivity contribution is 0.0839. The summed E-state index contributed by atoms with van der Waals surface area (Å²) in [6.07, 6.45) is 0. The van der Waals surface area contributed by atoms with E-state index < -0.39 is 11.9 Å². The lowest BCUT2D eigenvalue weighted by Crippen LogP contribution is -2.40. The third-order valence-corrected chi connectivity index (χ3v) is 2.22. The highest BCUT2D eigenvalue weighted by Gasteiger charge is 2.13. The molecule has 6 nitrogen and oxygen atoms in total. The zero-order chi connectivity index (χ0) is 12.8. The summed E-state index contributed by atoms with van der Waals surface area (Å²) in [4.78, 5) is 11.7. The van der Waals surface area contributed by atoms with E-state index in [1.54, 1.807) is 0 Å². The Bertz CT molecular complexity index is 395. The standard InChI is InChI=1S/C11H16N2O4/c1-17-6-8(5-14)13-11(16)7-2-3-9(12)10(15)4-7/h2-4,8,14-15H,5-6,12H2,1H3,(H,13,16). The number of phenols is 1. The van der Waals surface area contributed by atoms with Crippen LogP contribution in [0, 0.1) is 0 Å². The third-order valence-electron chi connectivity index (χ3n) is 2.22. The lowest BCUT2D eigenvalue weighted by Gasteiger charge is -2.15. The fourth-order valence-corrected chi connectivity index (χ4v) is 1.29. The Morgan fingerprint density at radius 2 is 2.29 bits per heavy atom. The highest BCUT2D eigenvalue weighted by atomic mass is 16.5. The fraction of sp³-hybridized carbons (Fsp3) is 0.364. The van der Waals surface area contributed by atoms with Gasteiger partial charge in [-0.05, 0) is 18.2 Å². The molecule has 1 aromatic rings. The number of rotatable bonds is 5. The van der Waals surface area contributed by atoms with Crippen molar-refractivity contribution in [2.75, 3.05) is 26.1 Å². The van der Waals surface area contributed by atoms with Crippen LogP contribution in [0.1, 0.15) is 10.4 Å². The number of nitrogens with one attached hydrogen (secondary N) is 1. The number of benzene rings is 1. The summed E-state index contributed by atoms with van der Waals surface area (Å²) in [7, 11) is 1.48. The summed E-state index contributed by atoms with van der Waals surface area (Å²) in [6, 6.07) is 3.72. The van der Waals surface area contributed by atoms with Crippen LogP contribution in [0.4, 0.5) is 5.69 Å². The van der Waals surface area contributed by atoms with Gasteiger partial charge >= 0.3 is 0 Å². The highest BCUT2D eigenvalue weighted by molar-refractivity contribution is 5.95. The molecule has 0 bridgehead atoms. The van der Waals surface area contributed by atoms with Crippen molar-refractivity contribution in [2.45, 2.75) is 6.04 Å². The van der Waals surface area contributed by atoms with E-state index in [0.29, 0.717) is 0 Å². The van der Waals surface area contributed by atoms with Gasteiger partial charge in [0.15, 0.2) is 0 Å².